The summed E-state index contributed by atoms with van der Waals surface area (Å²) in [6.07, 6.45) is 3.76. The molecule has 0 atom stereocenters. The van der Waals surface area contributed by atoms with Crippen LogP contribution in [0.5, 0.6) is 0 Å². The van der Waals surface area contributed by atoms with Gasteiger partial charge in [0.15, 0.2) is 4.96 Å². The van der Waals surface area contributed by atoms with Gasteiger partial charge in [-0.05, 0) is 25.3 Å². The Labute approximate surface area is 150 Å². The number of rotatable bonds is 3. The molecule has 4 rings (SSSR count). The molecule has 0 bridgehead atoms. The summed E-state index contributed by atoms with van der Waals surface area (Å²) in [5.41, 5.74) is 3.88. The van der Waals surface area contributed by atoms with Crippen molar-refractivity contribution in [3.05, 3.63) is 47.1 Å². The molecule has 0 saturated carbocycles. The number of carbonyl (C=O) groups is 1. The van der Waals surface area contributed by atoms with Gasteiger partial charge in [-0.2, -0.15) is 0 Å². The number of hydrogen-bond donors (Lipinski definition) is 0. The average molecular weight is 355 g/mol. The largest absolute Gasteiger partial charge is 0.381 e. The molecule has 0 spiro atoms. The first kappa shape index (κ1) is 16.3. The van der Waals surface area contributed by atoms with E-state index >= 15 is 0 Å². The minimum absolute atomic E-state index is 0.0480. The monoisotopic (exact) mass is 355 g/mol. The Morgan fingerprint density at radius 1 is 1.32 bits per heavy atom. The van der Waals surface area contributed by atoms with E-state index in [-0.39, 0.29) is 11.9 Å². The zero-order chi connectivity index (χ0) is 17.4. The molecule has 25 heavy (non-hydrogen) atoms. The van der Waals surface area contributed by atoms with E-state index in [1.54, 1.807) is 0 Å². The third-order valence-corrected chi connectivity index (χ3v) is 5.75. The number of aryl methyl sites for hydroxylation is 1. The SMILES string of the molecule is Cc1ccccc1-c1cn2c(C(=O)N(C)C3CCOCC3)csc2n1. The molecular weight excluding hydrogens is 334 g/mol. The standard InChI is InChI=1S/C19H21N3O2S/c1-13-5-3-4-6-15(13)16-11-22-17(12-25-19(22)20-16)18(23)21(2)14-7-9-24-10-8-14/h3-6,11-12,14H,7-10H2,1-2H3. The maximum absolute atomic E-state index is 13.0. The van der Waals surface area contributed by atoms with Gasteiger partial charge in [0.05, 0.1) is 5.69 Å². The number of aromatic nitrogens is 2. The Kier molecular flexibility index (Phi) is 4.31. The fourth-order valence-corrected chi connectivity index (χ4v) is 4.19. The van der Waals surface area contributed by atoms with Crippen molar-refractivity contribution >= 4 is 22.2 Å². The third-order valence-electron chi connectivity index (χ3n) is 4.91. The maximum Gasteiger partial charge on any atom is 0.271 e. The molecular formula is C19H21N3O2S. The molecule has 3 aromatic rings. The van der Waals surface area contributed by atoms with Gasteiger partial charge < -0.3 is 9.64 Å². The van der Waals surface area contributed by atoms with Crippen LogP contribution in [0.15, 0.2) is 35.8 Å². The summed E-state index contributed by atoms with van der Waals surface area (Å²) in [6.45, 7) is 3.53. The van der Waals surface area contributed by atoms with Crippen molar-refractivity contribution in [2.24, 2.45) is 0 Å². The van der Waals surface area contributed by atoms with Gasteiger partial charge in [0.1, 0.15) is 5.69 Å². The van der Waals surface area contributed by atoms with Crippen LogP contribution in [0, 0.1) is 6.92 Å². The van der Waals surface area contributed by atoms with Crippen molar-refractivity contribution in [3.8, 4) is 11.3 Å². The number of fused-ring (bicyclic) bond motifs is 1. The second kappa shape index (κ2) is 6.61. The summed E-state index contributed by atoms with van der Waals surface area (Å²) >= 11 is 1.51. The average Bonchev–Trinajstić information content (AvgIpc) is 3.22. The summed E-state index contributed by atoms with van der Waals surface area (Å²) in [5.74, 6) is 0.0480. The van der Waals surface area contributed by atoms with Gasteiger partial charge in [0.25, 0.3) is 5.91 Å². The van der Waals surface area contributed by atoms with Crippen LogP contribution >= 0.6 is 11.3 Å². The zero-order valence-corrected chi connectivity index (χ0v) is 15.3. The highest BCUT2D eigenvalue weighted by atomic mass is 32.1. The highest BCUT2D eigenvalue weighted by Gasteiger charge is 2.26. The summed E-state index contributed by atoms with van der Waals surface area (Å²) in [5, 5.41) is 1.90. The van der Waals surface area contributed by atoms with E-state index in [1.807, 2.05) is 40.1 Å². The molecule has 1 aliphatic heterocycles. The Morgan fingerprint density at radius 2 is 2.08 bits per heavy atom. The second-order valence-electron chi connectivity index (χ2n) is 6.47. The van der Waals surface area contributed by atoms with Crippen LogP contribution in [0.25, 0.3) is 16.2 Å². The van der Waals surface area contributed by atoms with E-state index in [9.17, 15) is 4.79 Å². The normalized spacial score (nSPS) is 15.6. The lowest BCUT2D eigenvalue weighted by molar-refractivity contribution is 0.0358. The molecule has 0 N–H and O–H groups in total. The van der Waals surface area contributed by atoms with Crippen LogP contribution < -0.4 is 0 Å². The van der Waals surface area contributed by atoms with Crippen molar-refractivity contribution in [1.29, 1.82) is 0 Å². The first-order chi connectivity index (χ1) is 12.1. The molecule has 1 fully saturated rings. The van der Waals surface area contributed by atoms with E-state index in [0.29, 0.717) is 5.69 Å². The van der Waals surface area contributed by atoms with Gasteiger partial charge in [-0.25, -0.2) is 4.98 Å². The van der Waals surface area contributed by atoms with E-state index in [4.69, 9.17) is 9.72 Å². The van der Waals surface area contributed by atoms with E-state index in [1.165, 1.54) is 16.9 Å². The number of carbonyl (C=O) groups excluding carboxylic acids is 1. The molecule has 1 amide bonds. The molecule has 0 radical (unpaired) electrons. The van der Waals surface area contributed by atoms with Gasteiger partial charge in [-0.15, -0.1) is 11.3 Å². The number of nitrogens with zero attached hydrogens (tertiary/aromatic N) is 3. The van der Waals surface area contributed by atoms with Crippen LogP contribution in [0.1, 0.15) is 28.9 Å². The van der Waals surface area contributed by atoms with Crippen molar-refractivity contribution in [3.63, 3.8) is 0 Å². The quantitative estimate of drug-likeness (QED) is 0.721. The summed E-state index contributed by atoms with van der Waals surface area (Å²) in [4.78, 5) is 20.4. The summed E-state index contributed by atoms with van der Waals surface area (Å²) in [6, 6.07) is 8.43. The van der Waals surface area contributed by atoms with Gasteiger partial charge in [0, 0.05) is 43.4 Å². The molecule has 1 aromatic carbocycles. The van der Waals surface area contributed by atoms with E-state index < -0.39 is 0 Å². The number of benzene rings is 1. The van der Waals surface area contributed by atoms with Crippen molar-refractivity contribution < 1.29 is 9.53 Å². The molecule has 3 heterocycles. The highest BCUT2D eigenvalue weighted by Crippen LogP contribution is 2.27. The lowest BCUT2D eigenvalue weighted by Crippen LogP contribution is -2.41. The Hall–Kier alpha value is -2.18. The van der Waals surface area contributed by atoms with Crippen molar-refractivity contribution in [1.82, 2.24) is 14.3 Å². The lowest BCUT2D eigenvalue weighted by Gasteiger charge is -2.31. The summed E-state index contributed by atoms with van der Waals surface area (Å²) < 4.78 is 7.32. The number of ether oxygens (including phenoxy) is 1. The Bertz CT molecular complexity index is 908. The van der Waals surface area contributed by atoms with Crippen LogP contribution in [-0.2, 0) is 4.74 Å². The van der Waals surface area contributed by atoms with Gasteiger partial charge >= 0.3 is 0 Å². The van der Waals surface area contributed by atoms with Gasteiger partial charge in [0.2, 0.25) is 0 Å². The Morgan fingerprint density at radius 3 is 2.84 bits per heavy atom. The van der Waals surface area contributed by atoms with Crippen LogP contribution in [0.2, 0.25) is 0 Å². The highest BCUT2D eigenvalue weighted by molar-refractivity contribution is 7.15. The number of thiazole rings is 1. The third kappa shape index (κ3) is 2.96. The summed E-state index contributed by atoms with van der Waals surface area (Å²) in [7, 11) is 1.89. The first-order valence-electron chi connectivity index (χ1n) is 8.52. The van der Waals surface area contributed by atoms with Crippen LogP contribution in [0.3, 0.4) is 0 Å². The topological polar surface area (TPSA) is 46.8 Å². The number of imidazole rings is 1. The maximum atomic E-state index is 13.0. The predicted molar refractivity (Wildman–Crippen MR) is 99.2 cm³/mol. The van der Waals surface area contributed by atoms with Crippen LogP contribution in [0.4, 0.5) is 0 Å². The zero-order valence-electron chi connectivity index (χ0n) is 14.4. The fourth-order valence-electron chi connectivity index (χ4n) is 3.35. The number of hydrogen-bond acceptors (Lipinski definition) is 4. The van der Waals surface area contributed by atoms with E-state index in [0.717, 1.165) is 42.3 Å². The van der Waals surface area contributed by atoms with Gasteiger partial charge in [-0.1, -0.05) is 24.3 Å². The fraction of sp³-hybridized carbons (Fsp3) is 0.368. The molecule has 1 saturated heterocycles. The molecule has 5 nitrogen and oxygen atoms in total. The minimum Gasteiger partial charge on any atom is -0.381 e. The lowest BCUT2D eigenvalue weighted by atomic mass is 10.1. The van der Waals surface area contributed by atoms with Crippen LogP contribution in [-0.4, -0.2) is 46.5 Å². The smallest absolute Gasteiger partial charge is 0.271 e. The molecule has 2 aromatic heterocycles. The van der Waals surface area contributed by atoms with Gasteiger partial charge in [-0.3, -0.25) is 9.20 Å². The minimum atomic E-state index is 0.0480. The molecule has 6 heteroatoms. The Balaban J connectivity index is 1.66. The molecule has 130 valence electrons. The molecule has 1 aliphatic rings. The van der Waals surface area contributed by atoms with Crippen molar-refractivity contribution in [2.45, 2.75) is 25.8 Å². The molecule has 0 aliphatic carbocycles. The number of amides is 1. The van der Waals surface area contributed by atoms with Crippen molar-refractivity contribution in [2.75, 3.05) is 20.3 Å². The predicted octanol–water partition coefficient (Wildman–Crippen LogP) is 3.62. The first-order valence-corrected chi connectivity index (χ1v) is 9.40. The molecule has 0 unspecified atom stereocenters. The second-order valence-corrected chi connectivity index (χ2v) is 7.31. The van der Waals surface area contributed by atoms with E-state index in [2.05, 4.69) is 19.1 Å².